The van der Waals surface area contributed by atoms with Gasteiger partial charge < -0.3 is 20.4 Å². The molecule has 3 N–H and O–H groups in total. The van der Waals surface area contributed by atoms with Gasteiger partial charge in [0.05, 0.1) is 17.7 Å². The van der Waals surface area contributed by atoms with Crippen LogP contribution in [0.2, 0.25) is 0 Å². The topological polar surface area (TPSA) is 72.8 Å². The van der Waals surface area contributed by atoms with Crippen LogP contribution in [-0.4, -0.2) is 53.3 Å². The van der Waals surface area contributed by atoms with Crippen molar-refractivity contribution in [3.63, 3.8) is 0 Å². The van der Waals surface area contributed by atoms with Crippen LogP contribution in [0.3, 0.4) is 0 Å². The number of hydrogen-bond donors (Lipinski definition) is 3. The Morgan fingerprint density at radius 3 is 2.89 bits per heavy atom. The summed E-state index contributed by atoms with van der Waals surface area (Å²) in [5.41, 5.74) is 0.317. The zero-order valence-electron chi connectivity index (χ0n) is 11.3. The lowest BCUT2D eigenvalue weighted by atomic mass is 10.0. The van der Waals surface area contributed by atoms with Gasteiger partial charge in [-0.05, 0) is 32.0 Å². The van der Waals surface area contributed by atoms with Crippen LogP contribution in [0, 0.1) is 6.92 Å². The summed E-state index contributed by atoms with van der Waals surface area (Å²) in [5.74, 6) is -0.305. The van der Waals surface area contributed by atoms with E-state index in [9.17, 15) is 15.0 Å². The molecule has 5 heteroatoms. The molecule has 1 unspecified atom stereocenters. The molecular formula is C14H20N2O3. The summed E-state index contributed by atoms with van der Waals surface area (Å²) in [4.78, 5) is 13.7. The van der Waals surface area contributed by atoms with Crippen LogP contribution in [0.4, 0.5) is 0 Å². The van der Waals surface area contributed by atoms with Crippen molar-refractivity contribution < 1.29 is 15.0 Å². The van der Waals surface area contributed by atoms with E-state index in [1.54, 1.807) is 19.2 Å². The van der Waals surface area contributed by atoms with Gasteiger partial charge in [-0.2, -0.15) is 0 Å². The summed E-state index contributed by atoms with van der Waals surface area (Å²) >= 11 is 0. The van der Waals surface area contributed by atoms with Crippen molar-refractivity contribution in [2.75, 3.05) is 26.7 Å². The minimum atomic E-state index is -0.871. The molecule has 19 heavy (non-hydrogen) atoms. The highest BCUT2D eigenvalue weighted by Gasteiger charge is 2.33. The van der Waals surface area contributed by atoms with E-state index in [-0.39, 0.29) is 23.8 Å². The SMILES string of the molecule is Cc1ccc(O)c(C(=O)N(C)CC2(O)CCNC2)c1. The lowest BCUT2D eigenvalue weighted by molar-refractivity contribution is 0.0251. The Kier molecular flexibility index (Phi) is 3.78. The number of phenolic OH excluding ortho intramolecular Hbond substituents is 1. The van der Waals surface area contributed by atoms with E-state index in [2.05, 4.69) is 5.32 Å². The minimum Gasteiger partial charge on any atom is -0.507 e. The highest BCUT2D eigenvalue weighted by molar-refractivity contribution is 5.96. The predicted molar refractivity (Wildman–Crippen MR) is 72.2 cm³/mol. The second-order valence-electron chi connectivity index (χ2n) is 5.33. The molecule has 0 aliphatic carbocycles. The maximum Gasteiger partial charge on any atom is 0.257 e. The number of amides is 1. The van der Waals surface area contributed by atoms with Crippen LogP contribution in [-0.2, 0) is 0 Å². The summed E-state index contributed by atoms with van der Waals surface area (Å²) in [6.45, 7) is 3.37. The Bertz CT molecular complexity index is 482. The fraction of sp³-hybridized carbons (Fsp3) is 0.500. The zero-order valence-corrected chi connectivity index (χ0v) is 11.3. The van der Waals surface area contributed by atoms with Gasteiger partial charge in [0, 0.05) is 13.6 Å². The fourth-order valence-electron chi connectivity index (χ4n) is 2.41. The number of carbonyl (C=O) groups is 1. The molecule has 1 aromatic carbocycles. The molecule has 0 saturated carbocycles. The van der Waals surface area contributed by atoms with E-state index >= 15 is 0 Å². The van der Waals surface area contributed by atoms with E-state index in [1.165, 1.54) is 11.0 Å². The van der Waals surface area contributed by atoms with Crippen molar-refractivity contribution in [1.29, 1.82) is 0 Å². The molecule has 1 aromatic rings. The predicted octanol–water partition coefficient (Wildman–Crippen LogP) is 0.497. The first-order valence-electron chi connectivity index (χ1n) is 6.39. The second-order valence-corrected chi connectivity index (χ2v) is 5.33. The molecule has 1 saturated heterocycles. The highest BCUT2D eigenvalue weighted by Crippen LogP contribution is 2.22. The van der Waals surface area contributed by atoms with Gasteiger partial charge in [0.15, 0.2) is 0 Å². The lowest BCUT2D eigenvalue weighted by Gasteiger charge is -2.28. The van der Waals surface area contributed by atoms with Crippen molar-refractivity contribution in [3.05, 3.63) is 29.3 Å². The molecule has 2 rings (SSSR count). The zero-order chi connectivity index (χ0) is 14.0. The van der Waals surface area contributed by atoms with E-state index in [0.717, 1.165) is 12.1 Å². The number of benzene rings is 1. The summed E-state index contributed by atoms with van der Waals surface area (Å²) in [6, 6.07) is 4.92. The van der Waals surface area contributed by atoms with Crippen molar-refractivity contribution in [2.24, 2.45) is 0 Å². The molecule has 0 spiro atoms. The fourth-order valence-corrected chi connectivity index (χ4v) is 2.41. The summed E-state index contributed by atoms with van der Waals surface area (Å²) < 4.78 is 0. The van der Waals surface area contributed by atoms with Crippen molar-refractivity contribution in [2.45, 2.75) is 18.9 Å². The van der Waals surface area contributed by atoms with E-state index in [0.29, 0.717) is 13.0 Å². The monoisotopic (exact) mass is 264 g/mol. The number of carbonyl (C=O) groups excluding carboxylic acids is 1. The van der Waals surface area contributed by atoms with Crippen LogP contribution < -0.4 is 5.32 Å². The number of rotatable bonds is 3. The van der Waals surface area contributed by atoms with Gasteiger partial charge in [-0.25, -0.2) is 0 Å². The maximum atomic E-state index is 12.3. The molecule has 1 amide bonds. The van der Waals surface area contributed by atoms with E-state index in [1.807, 2.05) is 6.92 Å². The first-order chi connectivity index (χ1) is 8.91. The Balaban J connectivity index is 2.12. The van der Waals surface area contributed by atoms with Crippen molar-refractivity contribution in [3.8, 4) is 5.75 Å². The number of aryl methyl sites for hydroxylation is 1. The van der Waals surface area contributed by atoms with Gasteiger partial charge in [-0.15, -0.1) is 0 Å². The molecule has 1 atom stereocenters. The van der Waals surface area contributed by atoms with Gasteiger partial charge in [-0.1, -0.05) is 11.6 Å². The van der Waals surface area contributed by atoms with E-state index in [4.69, 9.17) is 0 Å². The number of aromatic hydroxyl groups is 1. The number of aliphatic hydroxyl groups is 1. The lowest BCUT2D eigenvalue weighted by Crippen LogP contribution is -2.45. The standard InChI is InChI=1S/C14H20N2O3/c1-10-3-4-12(17)11(7-10)13(18)16(2)9-14(19)5-6-15-8-14/h3-4,7,15,17,19H,5-6,8-9H2,1-2H3. The first-order valence-corrected chi connectivity index (χ1v) is 6.39. The molecule has 5 nitrogen and oxygen atoms in total. The molecule has 0 radical (unpaired) electrons. The number of nitrogens with zero attached hydrogens (tertiary/aromatic N) is 1. The molecule has 1 aliphatic rings. The van der Waals surface area contributed by atoms with E-state index < -0.39 is 5.60 Å². The molecular weight excluding hydrogens is 244 g/mol. The summed E-state index contributed by atoms with van der Waals surface area (Å²) in [6.07, 6.45) is 0.629. The van der Waals surface area contributed by atoms with Crippen molar-refractivity contribution >= 4 is 5.91 Å². The van der Waals surface area contributed by atoms with Gasteiger partial charge >= 0.3 is 0 Å². The summed E-state index contributed by atoms with van der Waals surface area (Å²) in [7, 11) is 1.64. The molecule has 0 bridgehead atoms. The Morgan fingerprint density at radius 1 is 1.53 bits per heavy atom. The average Bonchev–Trinajstić information content (AvgIpc) is 2.78. The normalized spacial score (nSPS) is 22.5. The van der Waals surface area contributed by atoms with Gasteiger partial charge in [0.25, 0.3) is 5.91 Å². The summed E-state index contributed by atoms with van der Waals surface area (Å²) in [5, 5.41) is 23.1. The molecule has 1 fully saturated rings. The number of nitrogens with one attached hydrogen (secondary N) is 1. The quantitative estimate of drug-likeness (QED) is 0.743. The Labute approximate surface area is 112 Å². The molecule has 0 aromatic heterocycles. The smallest absolute Gasteiger partial charge is 0.257 e. The highest BCUT2D eigenvalue weighted by atomic mass is 16.3. The largest absolute Gasteiger partial charge is 0.507 e. The van der Waals surface area contributed by atoms with Crippen LogP contribution in [0.15, 0.2) is 18.2 Å². The number of β-amino-alcohol motifs (C(OH)–C–C–N with tert-alkyl or cyclic N) is 1. The van der Waals surface area contributed by atoms with Gasteiger partial charge in [-0.3, -0.25) is 4.79 Å². The van der Waals surface area contributed by atoms with Gasteiger partial charge in [0.1, 0.15) is 5.75 Å². The van der Waals surface area contributed by atoms with Crippen molar-refractivity contribution in [1.82, 2.24) is 10.2 Å². The minimum absolute atomic E-state index is 0.0287. The maximum absolute atomic E-state index is 12.3. The molecule has 1 heterocycles. The van der Waals surface area contributed by atoms with Crippen LogP contribution in [0.5, 0.6) is 5.75 Å². The number of phenols is 1. The first kappa shape index (κ1) is 13.8. The van der Waals surface area contributed by atoms with Crippen LogP contribution >= 0.6 is 0 Å². The average molecular weight is 264 g/mol. The Morgan fingerprint density at radius 2 is 2.26 bits per heavy atom. The van der Waals surface area contributed by atoms with Gasteiger partial charge in [0.2, 0.25) is 0 Å². The molecule has 104 valence electrons. The number of hydrogen-bond acceptors (Lipinski definition) is 4. The second kappa shape index (κ2) is 5.19. The number of likely N-dealkylation sites (N-methyl/N-ethyl adjacent to an activating group) is 1. The third-order valence-electron chi connectivity index (χ3n) is 3.48. The third-order valence-corrected chi connectivity index (χ3v) is 3.48. The Hall–Kier alpha value is -1.59. The molecule has 1 aliphatic heterocycles. The van der Waals surface area contributed by atoms with Crippen LogP contribution in [0.25, 0.3) is 0 Å². The van der Waals surface area contributed by atoms with Crippen LogP contribution in [0.1, 0.15) is 22.3 Å². The third kappa shape index (κ3) is 3.05.